The molecule has 3 aromatic carbocycles. The summed E-state index contributed by atoms with van der Waals surface area (Å²) in [7, 11) is -4.09. The molecule has 13 heteroatoms. The SMILES string of the molecule is CC[C@H](C)CN(C[C@@H](O)[C@H](Cc1ccccc1)NC(=O)[C@@H]1CN(c2ccc(C(C)O)cc2)C(=O)O1)S(=O)(=O)c1ccc2c(c1)OCO2. The molecule has 12 nitrogen and oxygen atoms in total. The molecule has 0 radical (unpaired) electrons. The van der Waals surface area contributed by atoms with Crippen molar-refractivity contribution in [3.05, 3.63) is 83.9 Å². The van der Waals surface area contributed by atoms with Crippen molar-refractivity contribution in [1.29, 1.82) is 0 Å². The maximum atomic E-state index is 14.0. The van der Waals surface area contributed by atoms with Crippen molar-refractivity contribution in [1.82, 2.24) is 9.62 Å². The van der Waals surface area contributed by atoms with Crippen LogP contribution in [0.1, 0.15) is 44.4 Å². The number of carbonyl (C=O) groups excluding carboxylic acids is 2. The predicted octanol–water partition coefficient (Wildman–Crippen LogP) is 3.62. The molecule has 2 heterocycles. The van der Waals surface area contributed by atoms with Crippen LogP contribution in [0.4, 0.5) is 10.5 Å². The number of aliphatic hydroxyl groups excluding tert-OH is 2. The summed E-state index contributed by atoms with van der Waals surface area (Å²) in [6.45, 7) is 5.29. The van der Waals surface area contributed by atoms with Crippen LogP contribution in [0.5, 0.6) is 11.5 Å². The van der Waals surface area contributed by atoms with Crippen molar-refractivity contribution in [2.24, 2.45) is 5.92 Å². The maximum absolute atomic E-state index is 14.0. The number of rotatable bonds is 14. The summed E-state index contributed by atoms with van der Waals surface area (Å²) in [4.78, 5) is 27.6. The Morgan fingerprint density at radius 2 is 1.70 bits per heavy atom. The zero-order chi connectivity index (χ0) is 33.7. The first-order valence-corrected chi connectivity index (χ1v) is 17.1. The molecule has 5 atom stereocenters. The first-order chi connectivity index (χ1) is 22.5. The van der Waals surface area contributed by atoms with E-state index >= 15 is 0 Å². The molecule has 2 aliphatic rings. The number of nitrogens with one attached hydrogen (secondary N) is 1. The van der Waals surface area contributed by atoms with Crippen LogP contribution >= 0.6 is 0 Å². The molecule has 1 fully saturated rings. The van der Waals surface area contributed by atoms with Gasteiger partial charge in [-0.25, -0.2) is 13.2 Å². The van der Waals surface area contributed by atoms with Crippen molar-refractivity contribution in [2.75, 3.05) is 31.3 Å². The Hall–Kier alpha value is -4.17. The van der Waals surface area contributed by atoms with Gasteiger partial charge in [0.15, 0.2) is 17.6 Å². The molecule has 0 spiro atoms. The van der Waals surface area contributed by atoms with Crippen LogP contribution in [-0.2, 0) is 26.0 Å². The number of fused-ring (bicyclic) bond motifs is 1. The van der Waals surface area contributed by atoms with E-state index in [1.54, 1.807) is 37.3 Å². The number of carbonyl (C=O) groups is 2. The summed E-state index contributed by atoms with van der Waals surface area (Å²) in [6.07, 6.45) is -2.97. The molecule has 47 heavy (non-hydrogen) atoms. The first-order valence-electron chi connectivity index (χ1n) is 15.6. The summed E-state index contributed by atoms with van der Waals surface area (Å²) in [5.41, 5.74) is 1.99. The Balaban J connectivity index is 1.35. The number of hydrogen-bond donors (Lipinski definition) is 3. The molecule has 5 rings (SSSR count). The smallest absolute Gasteiger partial charge is 0.415 e. The Labute approximate surface area is 274 Å². The average molecular weight is 668 g/mol. The van der Waals surface area contributed by atoms with Crippen LogP contribution < -0.4 is 19.7 Å². The number of ether oxygens (including phenoxy) is 3. The van der Waals surface area contributed by atoms with Gasteiger partial charge in [0.25, 0.3) is 5.91 Å². The molecule has 2 aliphatic heterocycles. The highest BCUT2D eigenvalue weighted by Gasteiger charge is 2.39. The second-order valence-corrected chi connectivity index (χ2v) is 13.9. The highest BCUT2D eigenvalue weighted by molar-refractivity contribution is 7.89. The van der Waals surface area contributed by atoms with Gasteiger partial charge in [-0.3, -0.25) is 9.69 Å². The Bertz CT molecular complexity index is 1650. The topological polar surface area (TPSA) is 155 Å². The van der Waals surface area contributed by atoms with Crippen LogP contribution in [0.2, 0.25) is 0 Å². The molecule has 3 aromatic rings. The van der Waals surface area contributed by atoms with Gasteiger partial charge in [-0.1, -0.05) is 62.7 Å². The van der Waals surface area contributed by atoms with E-state index in [1.165, 1.54) is 21.3 Å². The van der Waals surface area contributed by atoms with E-state index < -0.39 is 46.4 Å². The fourth-order valence-corrected chi connectivity index (χ4v) is 7.03. The number of sulfonamides is 1. The van der Waals surface area contributed by atoms with Crippen LogP contribution in [0.25, 0.3) is 0 Å². The lowest BCUT2D eigenvalue weighted by Gasteiger charge is -2.31. The average Bonchev–Trinajstić information content (AvgIpc) is 3.70. The largest absolute Gasteiger partial charge is 0.454 e. The molecule has 252 valence electrons. The van der Waals surface area contributed by atoms with Gasteiger partial charge in [-0.2, -0.15) is 4.31 Å². The molecular formula is C34H41N3O9S. The van der Waals surface area contributed by atoms with Gasteiger partial charge in [0.05, 0.1) is 29.7 Å². The molecule has 3 N–H and O–H groups in total. The summed E-state index contributed by atoms with van der Waals surface area (Å²) in [5, 5.41) is 24.3. The minimum atomic E-state index is -4.09. The van der Waals surface area contributed by atoms with Crippen molar-refractivity contribution < 1.29 is 42.4 Å². The summed E-state index contributed by atoms with van der Waals surface area (Å²) >= 11 is 0. The second kappa shape index (κ2) is 14.7. The van der Waals surface area contributed by atoms with Gasteiger partial charge in [-0.05, 0) is 54.7 Å². The lowest BCUT2D eigenvalue weighted by atomic mass is 10.0. The zero-order valence-corrected chi connectivity index (χ0v) is 27.4. The van der Waals surface area contributed by atoms with E-state index in [-0.39, 0.29) is 43.7 Å². The monoisotopic (exact) mass is 667 g/mol. The third kappa shape index (κ3) is 8.04. The predicted molar refractivity (Wildman–Crippen MR) is 174 cm³/mol. The van der Waals surface area contributed by atoms with Crippen LogP contribution in [0.3, 0.4) is 0 Å². The standard InChI is InChI=1S/C34H41N3O9S/c1-4-22(2)18-36(47(42,43)27-14-15-30-31(17-27)45-21-44-30)19-29(39)28(16-24-8-6-5-7-9-24)35-33(40)32-20-37(34(41)46-32)26-12-10-25(11-13-26)23(3)38/h5-15,17,22-23,28-29,32,38-39H,4,16,18-21H2,1-3H3,(H,35,40)/t22-,23?,28-,29+,32-/m0/s1. The summed E-state index contributed by atoms with van der Waals surface area (Å²) < 4.78 is 45.3. The van der Waals surface area contributed by atoms with E-state index in [0.29, 0.717) is 29.2 Å². The fraction of sp³-hybridized carbons (Fsp3) is 0.412. The number of cyclic esters (lactones) is 1. The number of aliphatic hydroxyl groups is 2. The maximum Gasteiger partial charge on any atom is 0.415 e. The number of benzene rings is 3. The first kappa shape index (κ1) is 34.2. The van der Waals surface area contributed by atoms with Crippen LogP contribution in [0, 0.1) is 5.92 Å². The highest BCUT2D eigenvalue weighted by atomic mass is 32.2. The van der Waals surface area contributed by atoms with Crippen molar-refractivity contribution >= 4 is 27.7 Å². The van der Waals surface area contributed by atoms with Crippen molar-refractivity contribution in [2.45, 2.75) is 62.9 Å². The molecule has 0 bridgehead atoms. The number of anilines is 1. The van der Waals surface area contributed by atoms with Gasteiger partial charge in [0.2, 0.25) is 16.8 Å². The van der Waals surface area contributed by atoms with Crippen LogP contribution in [0.15, 0.2) is 77.7 Å². The molecule has 1 unspecified atom stereocenters. The molecule has 0 saturated carbocycles. The number of hydrogen-bond acceptors (Lipinski definition) is 9. The molecule has 2 amide bonds. The van der Waals surface area contributed by atoms with Gasteiger partial charge < -0.3 is 29.7 Å². The Morgan fingerprint density at radius 3 is 2.38 bits per heavy atom. The van der Waals surface area contributed by atoms with Gasteiger partial charge in [0.1, 0.15) is 0 Å². The van der Waals surface area contributed by atoms with Crippen molar-refractivity contribution in [3.8, 4) is 11.5 Å². The zero-order valence-electron chi connectivity index (χ0n) is 26.6. The van der Waals surface area contributed by atoms with Crippen molar-refractivity contribution in [3.63, 3.8) is 0 Å². The highest BCUT2D eigenvalue weighted by Crippen LogP contribution is 2.35. The van der Waals surface area contributed by atoms with E-state index in [4.69, 9.17) is 14.2 Å². The van der Waals surface area contributed by atoms with Gasteiger partial charge >= 0.3 is 6.09 Å². The minimum absolute atomic E-state index is 0.000311. The summed E-state index contributed by atoms with van der Waals surface area (Å²) in [5.74, 6) is 0.134. The van der Waals surface area contributed by atoms with E-state index in [9.17, 15) is 28.2 Å². The van der Waals surface area contributed by atoms with E-state index in [1.807, 2.05) is 44.2 Å². The van der Waals surface area contributed by atoms with E-state index in [2.05, 4.69) is 5.32 Å². The molecular weight excluding hydrogens is 626 g/mol. The minimum Gasteiger partial charge on any atom is -0.454 e. The van der Waals surface area contributed by atoms with Crippen LogP contribution in [-0.4, -0.2) is 79.6 Å². The van der Waals surface area contributed by atoms with Gasteiger partial charge in [-0.15, -0.1) is 0 Å². The normalized spacial score (nSPS) is 18.5. The third-order valence-corrected chi connectivity index (χ3v) is 10.3. The molecule has 1 saturated heterocycles. The Morgan fingerprint density at radius 1 is 1.00 bits per heavy atom. The lowest BCUT2D eigenvalue weighted by Crippen LogP contribution is -2.53. The second-order valence-electron chi connectivity index (χ2n) is 12.0. The third-order valence-electron chi connectivity index (χ3n) is 8.47. The number of amides is 2. The van der Waals surface area contributed by atoms with E-state index in [0.717, 1.165) is 5.56 Å². The molecule has 0 aliphatic carbocycles. The summed E-state index contributed by atoms with van der Waals surface area (Å²) in [6, 6.07) is 19.4. The van der Waals surface area contributed by atoms with Gasteiger partial charge in [0, 0.05) is 24.8 Å². The fourth-order valence-electron chi connectivity index (χ4n) is 5.44. The lowest BCUT2D eigenvalue weighted by molar-refractivity contribution is -0.129. The quantitative estimate of drug-likeness (QED) is 0.234. The molecule has 0 aromatic heterocycles. The Kier molecular flexibility index (Phi) is 10.7. The number of nitrogens with zero attached hydrogens (tertiary/aromatic N) is 2.